The van der Waals surface area contributed by atoms with Gasteiger partial charge in [-0.05, 0) is 73.7 Å². The Labute approximate surface area is 230 Å². The minimum absolute atomic E-state index is 0.0604. The predicted molar refractivity (Wildman–Crippen MR) is 154 cm³/mol. The molecule has 3 rings (SSSR count). The second kappa shape index (κ2) is 13.7. The van der Waals surface area contributed by atoms with E-state index in [1.165, 1.54) is 0 Å². The Morgan fingerprint density at radius 1 is 1.03 bits per heavy atom. The Kier molecular flexibility index (Phi) is 10.3. The molecule has 0 spiro atoms. The first-order valence-corrected chi connectivity index (χ1v) is 13.1. The Morgan fingerprint density at radius 2 is 1.72 bits per heavy atom. The second-order valence-corrected chi connectivity index (χ2v) is 9.92. The molecule has 0 aliphatic heterocycles. The summed E-state index contributed by atoms with van der Waals surface area (Å²) in [6.45, 7) is 9.23. The number of anilines is 1. The maximum absolute atomic E-state index is 12.8. The zero-order valence-corrected chi connectivity index (χ0v) is 23.1. The summed E-state index contributed by atoms with van der Waals surface area (Å²) in [4.78, 5) is 12.8. The number of carboxylic acids is 1. The number of carboxylic acid groups (broad SMARTS) is 1. The molecule has 39 heavy (non-hydrogen) atoms. The van der Waals surface area contributed by atoms with E-state index in [0.717, 1.165) is 17.5 Å². The molecule has 0 amide bonds. The SMILES string of the molecule is CCOc1cc(C(C)(Nc2ccc(C(=N)N)cc2)C(=O)O)c(OCCOCc2ccccc2)cc1CC(C)C. The number of amidine groups is 1. The van der Waals surface area contributed by atoms with E-state index in [2.05, 4.69) is 19.2 Å². The number of hydrogen-bond acceptors (Lipinski definition) is 6. The average molecular weight is 534 g/mol. The number of aliphatic carboxylic acids is 1. The summed E-state index contributed by atoms with van der Waals surface area (Å²) in [5.74, 6) is 0.309. The molecule has 0 aromatic heterocycles. The third-order valence-corrected chi connectivity index (χ3v) is 6.24. The van der Waals surface area contributed by atoms with Crippen LogP contribution in [0.4, 0.5) is 5.69 Å². The Balaban J connectivity index is 1.93. The largest absolute Gasteiger partial charge is 0.494 e. The third-order valence-electron chi connectivity index (χ3n) is 6.24. The molecule has 3 aromatic rings. The number of nitrogens with two attached hydrogens (primary N) is 1. The van der Waals surface area contributed by atoms with Crippen molar-refractivity contribution in [2.75, 3.05) is 25.1 Å². The lowest BCUT2D eigenvalue weighted by Crippen LogP contribution is -2.41. The van der Waals surface area contributed by atoms with Crippen LogP contribution in [0.2, 0.25) is 0 Å². The van der Waals surface area contributed by atoms with Gasteiger partial charge in [-0.1, -0.05) is 44.2 Å². The summed E-state index contributed by atoms with van der Waals surface area (Å²) >= 11 is 0. The quantitative estimate of drug-likeness (QED) is 0.114. The third kappa shape index (κ3) is 7.97. The highest BCUT2D eigenvalue weighted by Gasteiger charge is 2.39. The first kappa shape index (κ1) is 29.5. The molecule has 0 fully saturated rings. The minimum atomic E-state index is -1.56. The number of nitrogens with one attached hydrogen (secondary N) is 2. The molecule has 0 aliphatic rings. The van der Waals surface area contributed by atoms with Crippen LogP contribution in [0.15, 0.2) is 66.7 Å². The van der Waals surface area contributed by atoms with Crippen LogP contribution >= 0.6 is 0 Å². The summed E-state index contributed by atoms with van der Waals surface area (Å²) in [7, 11) is 0. The molecule has 8 nitrogen and oxygen atoms in total. The summed E-state index contributed by atoms with van der Waals surface area (Å²) in [5.41, 5.74) is 7.58. The van der Waals surface area contributed by atoms with Crippen LogP contribution in [0.1, 0.15) is 49.9 Å². The van der Waals surface area contributed by atoms with E-state index < -0.39 is 11.5 Å². The fourth-order valence-electron chi connectivity index (χ4n) is 4.23. The van der Waals surface area contributed by atoms with Gasteiger partial charge in [0.05, 0.1) is 19.8 Å². The molecule has 0 aliphatic carbocycles. The highest BCUT2D eigenvalue weighted by Crippen LogP contribution is 2.39. The van der Waals surface area contributed by atoms with Crippen molar-refractivity contribution in [1.82, 2.24) is 0 Å². The van der Waals surface area contributed by atoms with Crippen LogP contribution in [0.3, 0.4) is 0 Å². The van der Waals surface area contributed by atoms with Gasteiger partial charge in [-0.3, -0.25) is 5.41 Å². The van der Waals surface area contributed by atoms with Crippen molar-refractivity contribution in [2.24, 2.45) is 11.7 Å². The van der Waals surface area contributed by atoms with Gasteiger partial charge in [-0.15, -0.1) is 0 Å². The predicted octanol–water partition coefficient (Wildman–Crippen LogP) is 5.58. The molecule has 1 atom stereocenters. The molecule has 0 radical (unpaired) electrons. The maximum Gasteiger partial charge on any atom is 0.333 e. The lowest BCUT2D eigenvalue weighted by atomic mass is 9.88. The van der Waals surface area contributed by atoms with Gasteiger partial charge in [0.2, 0.25) is 0 Å². The van der Waals surface area contributed by atoms with Crippen LogP contribution in [0.25, 0.3) is 0 Å². The molecule has 0 saturated heterocycles. The minimum Gasteiger partial charge on any atom is -0.494 e. The van der Waals surface area contributed by atoms with Crippen LogP contribution < -0.4 is 20.5 Å². The molecule has 0 saturated carbocycles. The fraction of sp³-hybridized carbons (Fsp3) is 0.355. The van der Waals surface area contributed by atoms with Gasteiger partial charge < -0.3 is 30.4 Å². The lowest BCUT2D eigenvalue weighted by molar-refractivity contribution is -0.142. The highest BCUT2D eigenvalue weighted by atomic mass is 16.5. The average Bonchev–Trinajstić information content (AvgIpc) is 2.90. The summed E-state index contributed by atoms with van der Waals surface area (Å²) in [6.07, 6.45) is 0.750. The maximum atomic E-state index is 12.8. The molecule has 5 N–H and O–H groups in total. The Bertz CT molecular complexity index is 1250. The number of benzene rings is 3. The fourth-order valence-corrected chi connectivity index (χ4v) is 4.23. The van der Waals surface area contributed by atoms with E-state index in [-0.39, 0.29) is 12.4 Å². The zero-order chi connectivity index (χ0) is 28.4. The molecular weight excluding hydrogens is 494 g/mol. The monoisotopic (exact) mass is 533 g/mol. The van der Waals surface area contributed by atoms with Gasteiger partial charge in [-0.2, -0.15) is 0 Å². The van der Waals surface area contributed by atoms with E-state index in [1.54, 1.807) is 37.3 Å². The van der Waals surface area contributed by atoms with Crippen molar-refractivity contribution in [1.29, 1.82) is 5.41 Å². The second-order valence-electron chi connectivity index (χ2n) is 9.92. The van der Waals surface area contributed by atoms with Gasteiger partial charge in [0.1, 0.15) is 23.9 Å². The van der Waals surface area contributed by atoms with Crippen LogP contribution in [0.5, 0.6) is 11.5 Å². The number of nitrogen functional groups attached to an aromatic ring is 1. The van der Waals surface area contributed by atoms with Crippen molar-refractivity contribution in [2.45, 2.75) is 46.3 Å². The Morgan fingerprint density at radius 3 is 2.31 bits per heavy atom. The molecular formula is C31H39N3O5. The van der Waals surface area contributed by atoms with Crippen molar-refractivity contribution in [3.8, 4) is 11.5 Å². The van der Waals surface area contributed by atoms with Gasteiger partial charge in [0.25, 0.3) is 0 Å². The number of ether oxygens (including phenoxy) is 3. The number of hydrogen-bond donors (Lipinski definition) is 4. The van der Waals surface area contributed by atoms with Gasteiger partial charge >= 0.3 is 5.97 Å². The lowest BCUT2D eigenvalue weighted by Gasteiger charge is -2.31. The van der Waals surface area contributed by atoms with E-state index in [0.29, 0.717) is 54.1 Å². The van der Waals surface area contributed by atoms with Crippen molar-refractivity contribution < 1.29 is 24.1 Å². The smallest absolute Gasteiger partial charge is 0.333 e. The van der Waals surface area contributed by atoms with Gasteiger partial charge in [-0.25, -0.2) is 4.79 Å². The number of carbonyl (C=O) groups is 1. The normalized spacial score (nSPS) is 12.5. The zero-order valence-electron chi connectivity index (χ0n) is 23.1. The van der Waals surface area contributed by atoms with Crippen molar-refractivity contribution in [3.05, 3.63) is 89.0 Å². The van der Waals surface area contributed by atoms with Crippen LogP contribution in [-0.4, -0.2) is 36.7 Å². The standard InChI is InChI=1S/C31H39N3O5/c1-5-38-27-19-26(31(4,30(35)36)34-25-13-11-23(12-14-25)29(32)33)28(18-24(27)17-21(2)3)39-16-15-37-20-22-9-7-6-8-10-22/h6-14,18-19,21,34H,5,15-17,20H2,1-4H3,(H3,32,33)(H,35,36). The summed E-state index contributed by atoms with van der Waals surface area (Å²) < 4.78 is 17.9. The van der Waals surface area contributed by atoms with Crippen LogP contribution in [0, 0.1) is 11.3 Å². The highest BCUT2D eigenvalue weighted by molar-refractivity contribution is 5.95. The first-order valence-electron chi connectivity index (χ1n) is 13.1. The van der Waals surface area contributed by atoms with E-state index in [9.17, 15) is 9.90 Å². The van der Waals surface area contributed by atoms with Gasteiger partial charge in [0.15, 0.2) is 5.54 Å². The Hall–Kier alpha value is -4.04. The molecule has 208 valence electrons. The first-order chi connectivity index (χ1) is 18.6. The van der Waals surface area contributed by atoms with E-state index >= 15 is 0 Å². The molecule has 0 heterocycles. The van der Waals surface area contributed by atoms with Crippen molar-refractivity contribution >= 4 is 17.5 Å². The molecule has 3 aromatic carbocycles. The van der Waals surface area contributed by atoms with Gasteiger partial charge in [0, 0.05) is 16.8 Å². The van der Waals surface area contributed by atoms with E-state index in [1.807, 2.05) is 43.3 Å². The summed E-state index contributed by atoms with van der Waals surface area (Å²) in [5, 5.41) is 21.2. The molecule has 1 unspecified atom stereocenters. The summed E-state index contributed by atoms with van der Waals surface area (Å²) in [6, 6.07) is 20.3. The van der Waals surface area contributed by atoms with Crippen molar-refractivity contribution in [3.63, 3.8) is 0 Å². The van der Waals surface area contributed by atoms with Crippen LogP contribution in [-0.2, 0) is 28.1 Å². The topological polar surface area (TPSA) is 127 Å². The molecule has 0 bridgehead atoms. The van der Waals surface area contributed by atoms with E-state index in [4.69, 9.17) is 25.4 Å². The molecule has 8 heteroatoms. The number of rotatable bonds is 15.